The van der Waals surface area contributed by atoms with Gasteiger partial charge in [-0.05, 0) is 20.8 Å². The summed E-state index contributed by atoms with van der Waals surface area (Å²) in [6.07, 6.45) is 2.39. The highest BCUT2D eigenvalue weighted by Crippen LogP contribution is 2.14. The Bertz CT molecular complexity index is 410. The van der Waals surface area contributed by atoms with Crippen molar-refractivity contribution in [3.8, 4) is 0 Å². The minimum Gasteiger partial charge on any atom is -0.346 e. The summed E-state index contributed by atoms with van der Waals surface area (Å²) >= 11 is 0. The molecule has 1 rings (SSSR count). The van der Waals surface area contributed by atoms with E-state index in [-0.39, 0.29) is 17.5 Å². The summed E-state index contributed by atoms with van der Waals surface area (Å²) in [6.45, 7) is 8.07. The lowest BCUT2D eigenvalue weighted by atomic mass is 10.1. The van der Waals surface area contributed by atoms with Gasteiger partial charge in [0.1, 0.15) is 5.70 Å². The Kier molecular flexibility index (Phi) is 4.69. The predicted molar refractivity (Wildman–Crippen MR) is 70.8 cm³/mol. The fourth-order valence-electron chi connectivity index (χ4n) is 1.75. The average Bonchev–Trinajstić information content (AvgIpc) is 2.35. The molecule has 1 aliphatic rings. The number of amides is 3. The van der Waals surface area contributed by atoms with Gasteiger partial charge in [0.05, 0.1) is 0 Å². The topological polar surface area (TPSA) is 69.7 Å². The number of hydrogen-bond donors (Lipinski definition) is 1. The highest BCUT2D eigenvalue weighted by Gasteiger charge is 2.29. The van der Waals surface area contributed by atoms with Crippen molar-refractivity contribution in [2.45, 2.75) is 39.7 Å². The summed E-state index contributed by atoms with van der Waals surface area (Å²) in [5, 5.41) is 2.80. The van der Waals surface area contributed by atoms with Crippen molar-refractivity contribution in [3.05, 3.63) is 11.9 Å². The summed E-state index contributed by atoms with van der Waals surface area (Å²) in [5.41, 5.74) is -0.178. The van der Waals surface area contributed by atoms with Crippen LogP contribution in [0, 0.1) is 0 Å². The Morgan fingerprint density at radius 1 is 1.37 bits per heavy atom. The molecule has 6 nitrogen and oxygen atoms in total. The average molecular weight is 267 g/mol. The third-order valence-corrected chi connectivity index (χ3v) is 2.62. The quantitative estimate of drug-likeness (QED) is 0.755. The van der Waals surface area contributed by atoms with Gasteiger partial charge in [-0.2, -0.15) is 0 Å². The Hall–Kier alpha value is -1.85. The van der Waals surface area contributed by atoms with E-state index in [1.807, 2.05) is 20.8 Å². The largest absolute Gasteiger partial charge is 0.346 e. The predicted octanol–water partition coefficient (Wildman–Crippen LogP) is 0.453. The second-order valence-electron chi connectivity index (χ2n) is 5.46. The van der Waals surface area contributed by atoms with Crippen LogP contribution in [-0.2, 0) is 14.4 Å². The zero-order valence-electron chi connectivity index (χ0n) is 11.9. The van der Waals surface area contributed by atoms with Gasteiger partial charge in [0, 0.05) is 31.2 Å². The van der Waals surface area contributed by atoms with E-state index in [9.17, 15) is 14.4 Å². The van der Waals surface area contributed by atoms with Gasteiger partial charge in [0.15, 0.2) is 0 Å². The first kappa shape index (κ1) is 15.2. The number of nitrogens with zero attached hydrogens (tertiary/aromatic N) is 2. The van der Waals surface area contributed by atoms with Crippen LogP contribution >= 0.6 is 0 Å². The van der Waals surface area contributed by atoms with E-state index < -0.39 is 5.54 Å². The Morgan fingerprint density at radius 2 is 2.00 bits per heavy atom. The summed E-state index contributed by atoms with van der Waals surface area (Å²) in [6, 6.07) is 0. The van der Waals surface area contributed by atoms with Crippen LogP contribution in [0.1, 0.15) is 34.1 Å². The van der Waals surface area contributed by atoms with Crippen molar-refractivity contribution in [3.63, 3.8) is 0 Å². The maximum absolute atomic E-state index is 12.2. The van der Waals surface area contributed by atoms with Gasteiger partial charge in [0.25, 0.3) is 5.91 Å². The zero-order chi connectivity index (χ0) is 14.6. The molecule has 0 spiro atoms. The Balaban J connectivity index is 2.99. The van der Waals surface area contributed by atoms with Crippen LogP contribution in [-0.4, -0.2) is 46.7 Å². The molecule has 3 amide bonds. The standard InChI is InChI=1S/C13H21N3O3/c1-5-11(18)16-7-6-15(9-17)8-10(16)12(19)14-13(2,3)4/h8-9H,5-7H2,1-4H3,(H,14,19). The maximum atomic E-state index is 12.2. The number of hydrogen-bond acceptors (Lipinski definition) is 3. The summed E-state index contributed by atoms with van der Waals surface area (Å²) in [7, 11) is 0. The molecular weight excluding hydrogens is 246 g/mol. The molecule has 0 aliphatic carbocycles. The van der Waals surface area contributed by atoms with Crippen LogP contribution in [0.15, 0.2) is 11.9 Å². The minimum absolute atomic E-state index is 0.124. The molecule has 0 aromatic rings. The van der Waals surface area contributed by atoms with Crippen LogP contribution in [0.5, 0.6) is 0 Å². The molecule has 0 saturated carbocycles. The van der Waals surface area contributed by atoms with E-state index in [0.29, 0.717) is 25.9 Å². The van der Waals surface area contributed by atoms with Gasteiger partial charge in [-0.25, -0.2) is 0 Å². The first-order valence-electron chi connectivity index (χ1n) is 6.34. The van der Waals surface area contributed by atoms with Crippen LogP contribution in [0.25, 0.3) is 0 Å². The van der Waals surface area contributed by atoms with Crippen LogP contribution in [0.2, 0.25) is 0 Å². The van der Waals surface area contributed by atoms with Crippen molar-refractivity contribution >= 4 is 18.2 Å². The lowest BCUT2D eigenvalue weighted by molar-refractivity contribution is -0.134. The van der Waals surface area contributed by atoms with Gasteiger partial charge in [-0.3, -0.25) is 14.4 Å². The van der Waals surface area contributed by atoms with E-state index in [1.54, 1.807) is 6.92 Å². The van der Waals surface area contributed by atoms with Crippen molar-refractivity contribution in [1.82, 2.24) is 15.1 Å². The molecule has 0 saturated heterocycles. The maximum Gasteiger partial charge on any atom is 0.269 e. The molecular formula is C13H21N3O3. The van der Waals surface area contributed by atoms with Gasteiger partial charge in [-0.1, -0.05) is 6.92 Å². The summed E-state index contributed by atoms with van der Waals surface area (Å²) in [4.78, 5) is 37.6. The van der Waals surface area contributed by atoms with Gasteiger partial charge in [-0.15, -0.1) is 0 Å². The van der Waals surface area contributed by atoms with E-state index in [1.165, 1.54) is 16.0 Å². The second kappa shape index (κ2) is 5.86. The smallest absolute Gasteiger partial charge is 0.269 e. The van der Waals surface area contributed by atoms with E-state index >= 15 is 0 Å². The fourth-order valence-corrected chi connectivity index (χ4v) is 1.75. The number of carbonyl (C=O) groups excluding carboxylic acids is 3. The van der Waals surface area contributed by atoms with E-state index in [0.717, 1.165) is 0 Å². The summed E-state index contributed by atoms with van der Waals surface area (Å²) in [5.74, 6) is -0.471. The number of rotatable bonds is 3. The zero-order valence-corrected chi connectivity index (χ0v) is 11.9. The summed E-state index contributed by atoms with van der Waals surface area (Å²) < 4.78 is 0. The van der Waals surface area contributed by atoms with E-state index in [2.05, 4.69) is 5.32 Å². The molecule has 0 bridgehead atoms. The van der Waals surface area contributed by atoms with Crippen molar-refractivity contribution in [2.24, 2.45) is 0 Å². The fraction of sp³-hybridized carbons (Fsp3) is 0.615. The monoisotopic (exact) mass is 267 g/mol. The number of nitrogens with one attached hydrogen (secondary N) is 1. The number of carbonyl (C=O) groups is 3. The third kappa shape index (κ3) is 4.08. The Morgan fingerprint density at radius 3 is 2.47 bits per heavy atom. The second-order valence-corrected chi connectivity index (χ2v) is 5.46. The SMILES string of the molecule is CCC(=O)N1CCN(C=O)C=C1C(=O)NC(C)(C)C. The molecule has 0 aromatic heterocycles. The van der Waals surface area contributed by atoms with Crippen LogP contribution in [0.3, 0.4) is 0 Å². The van der Waals surface area contributed by atoms with Crippen molar-refractivity contribution < 1.29 is 14.4 Å². The molecule has 0 radical (unpaired) electrons. The Labute approximate surface area is 113 Å². The molecule has 19 heavy (non-hydrogen) atoms. The highest BCUT2D eigenvalue weighted by atomic mass is 16.2. The van der Waals surface area contributed by atoms with Crippen LogP contribution < -0.4 is 5.32 Å². The van der Waals surface area contributed by atoms with Gasteiger partial charge in [0.2, 0.25) is 12.3 Å². The van der Waals surface area contributed by atoms with Gasteiger partial charge < -0.3 is 15.1 Å². The lowest BCUT2D eigenvalue weighted by Gasteiger charge is -2.33. The van der Waals surface area contributed by atoms with Crippen LogP contribution in [0.4, 0.5) is 0 Å². The molecule has 1 N–H and O–H groups in total. The molecule has 6 heteroatoms. The molecule has 106 valence electrons. The highest BCUT2D eigenvalue weighted by molar-refractivity contribution is 5.98. The third-order valence-electron chi connectivity index (χ3n) is 2.62. The first-order valence-corrected chi connectivity index (χ1v) is 6.34. The lowest BCUT2D eigenvalue weighted by Crippen LogP contribution is -2.49. The molecule has 0 atom stereocenters. The molecule has 1 heterocycles. The van der Waals surface area contributed by atoms with Gasteiger partial charge >= 0.3 is 0 Å². The van der Waals surface area contributed by atoms with Crippen molar-refractivity contribution in [2.75, 3.05) is 13.1 Å². The first-order chi connectivity index (χ1) is 8.78. The molecule has 0 fully saturated rings. The van der Waals surface area contributed by atoms with Crippen molar-refractivity contribution in [1.29, 1.82) is 0 Å². The molecule has 0 aromatic carbocycles. The van der Waals surface area contributed by atoms with E-state index in [4.69, 9.17) is 0 Å². The minimum atomic E-state index is -0.400. The molecule has 0 unspecified atom stereocenters. The normalized spacial score (nSPS) is 15.9. The molecule has 1 aliphatic heterocycles.